The quantitative estimate of drug-likeness (QED) is 0.654. The molecule has 1 heterocycles. The molecule has 0 spiro atoms. The maximum atomic E-state index is 12.9. The number of halogens is 1. The molecule has 3 aromatic rings. The fourth-order valence-electron chi connectivity index (χ4n) is 2.40. The molecule has 0 saturated heterocycles. The van der Waals surface area contributed by atoms with Gasteiger partial charge in [-0.05, 0) is 55.0 Å². The number of ether oxygens (including phenoxy) is 1. The van der Waals surface area contributed by atoms with Crippen LogP contribution in [-0.4, -0.2) is 17.9 Å². The molecule has 7 heteroatoms. The Balaban J connectivity index is 1.48. The Hall–Kier alpha value is -3.61. The van der Waals surface area contributed by atoms with Gasteiger partial charge in [-0.3, -0.25) is 9.59 Å². The van der Waals surface area contributed by atoms with Crippen molar-refractivity contribution in [3.8, 4) is 11.5 Å². The smallest absolute Gasteiger partial charge is 0.255 e. The Labute approximate surface area is 161 Å². The second kappa shape index (κ2) is 8.85. The van der Waals surface area contributed by atoms with Crippen molar-refractivity contribution in [1.82, 2.24) is 10.6 Å². The highest BCUT2D eigenvalue weighted by Gasteiger charge is 2.16. The summed E-state index contributed by atoms with van der Waals surface area (Å²) in [4.78, 5) is 24.1. The van der Waals surface area contributed by atoms with Gasteiger partial charge in [0.2, 0.25) is 5.91 Å². The van der Waals surface area contributed by atoms with Crippen molar-refractivity contribution in [2.45, 2.75) is 19.5 Å². The normalized spacial score (nSPS) is 11.5. The van der Waals surface area contributed by atoms with Crippen molar-refractivity contribution in [3.63, 3.8) is 0 Å². The molecule has 0 aliphatic carbocycles. The van der Waals surface area contributed by atoms with Crippen LogP contribution in [0.15, 0.2) is 71.5 Å². The molecule has 6 nitrogen and oxygen atoms in total. The third-order valence-corrected chi connectivity index (χ3v) is 3.96. The number of nitrogens with one attached hydrogen (secondary N) is 2. The van der Waals surface area contributed by atoms with Crippen LogP contribution in [0.1, 0.15) is 22.8 Å². The fourth-order valence-corrected chi connectivity index (χ4v) is 2.40. The summed E-state index contributed by atoms with van der Waals surface area (Å²) in [5, 5.41) is 5.37. The van der Waals surface area contributed by atoms with Gasteiger partial charge in [0.05, 0.1) is 11.8 Å². The van der Waals surface area contributed by atoms with Gasteiger partial charge in [-0.1, -0.05) is 12.1 Å². The monoisotopic (exact) mass is 382 g/mol. The number of furan rings is 1. The highest BCUT2D eigenvalue weighted by atomic mass is 19.1. The van der Waals surface area contributed by atoms with Crippen molar-refractivity contribution in [2.75, 3.05) is 0 Å². The van der Waals surface area contributed by atoms with E-state index in [0.29, 0.717) is 23.6 Å². The first-order valence-electron chi connectivity index (χ1n) is 8.64. The number of carbonyl (C=O) groups is 2. The van der Waals surface area contributed by atoms with E-state index >= 15 is 0 Å². The van der Waals surface area contributed by atoms with Crippen LogP contribution in [0.5, 0.6) is 11.5 Å². The van der Waals surface area contributed by atoms with Crippen molar-refractivity contribution >= 4 is 11.8 Å². The number of amides is 2. The number of benzene rings is 2. The van der Waals surface area contributed by atoms with E-state index in [-0.39, 0.29) is 17.6 Å². The topological polar surface area (TPSA) is 80.6 Å². The summed E-state index contributed by atoms with van der Waals surface area (Å²) in [7, 11) is 0. The van der Waals surface area contributed by atoms with E-state index in [1.165, 1.54) is 30.7 Å². The van der Waals surface area contributed by atoms with Crippen LogP contribution < -0.4 is 15.4 Å². The second-order valence-electron chi connectivity index (χ2n) is 6.12. The molecule has 0 aliphatic rings. The average molecular weight is 382 g/mol. The van der Waals surface area contributed by atoms with Crippen LogP contribution >= 0.6 is 0 Å². The zero-order valence-corrected chi connectivity index (χ0v) is 15.1. The minimum Gasteiger partial charge on any atom is -0.472 e. The lowest BCUT2D eigenvalue weighted by molar-refractivity contribution is -0.122. The summed E-state index contributed by atoms with van der Waals surface area (Å²) in [6, 6.07) is 13.7. The SMILES string of the molecule is CC(NC(=O)c1ccoc1)C(=O)NCc1ccc(Oc2ccc(F)cc2)cc1. The van der Waals surface area contributed by atoms with Gasteiger partial charge >= 0.3 is 0 Å². The van der Waals surface area contributed by atoms with E-state index in [1.807, 2.05) is 12.1 Å². The molecule has 2 amide bonds. The van der Waals surface area contributed by atoms with Gasteiger partial charge in [0.15, 0.2) is 0 Å². The van der Waals surface area contributed by atoms with Crippen LogP contribution in [0, 0.1) is 5.82 Å². The van der Waals surface area contributed by atoms with E-state index in [2.05, 4.69) is 10.6 Å². The van der Waals surface area contributed by atoms with Crippen LogP contribution in [0.3, 0.4) is 0 Å². The summed E-state index contributed by atoms with van der Waals surface area (Å²) in [6.07, 6.45) is 2.71. The lowest BCUT2D eigenvalue weighted by Crippen LogP contribution is -2.44. The minimum absolute atomic E-state index is 0.302. The Morgan fingerprint density at radius 2 is 1.68 bits per heavy atom. The second-order valence-corrected chi connectivity index (χ2v) is 6.12. The van der Waals surface area contributed by atoms with Crippen LogP contribution in [-0.2, 0) is 11.3 Å². The van der Waals surface area contributed by atoms with Crippen molar-refractivity contribution in [3.05, 3.63) is 84.1 Å². The molecule has 1 atom stereocenters. The average Bonchev–Trinajstić information content (AvgIpc) is 3.24. The maximum Gasteiger partial charge on any atom is 0.255 e. The van der Waals surface area contributed by atoms with Gasteiger partial charge in [-0.2, -0.15) is 0 Å². The lowest BCUT2D eigenvalue weighted by atomic mass is 10.2. The Bertz CT molecular complexity index is 922. The molecule has 144 valence electrons. The van der Waals surface area contributed by atoms with Crippen LogP contribution in [0.25, 0.3) is 0 Å². The van der Waals surface area contributed by atoms with Crippen molar-refractivity contribution in [2.24, 2.45) is 0 Å². The molecular formula is C21H19FN2O4. The summed E-state index contributed by atoms with van der Waals surface area (Å²) in [5.41, 5.74) is 1.23. The highest BCUT2D eigenvalue weighted by molar-refractivity contribution is 5.97. The van der Waals surface area contributed by atoms with Crippen molar-refractivity contribution in [1.29, 1.82) is 0 Å². The van der Waals surface area contributed by atoms with Gasteiger partial charge in [0.1, 0.15) is 29.6 Å². The molecule has 0 fully saturated rings. The molecular weight excluding hydrogens is 363 g/mol. The summed E-state index contributed by atoms with van der Waals surface area (Å²) < 4.78 is 23.4. The van der Waals surface area contributed by atoms with Gasteiger partial charge < -0.3 is 19.8 Å². The number of hydrogen-bond donors (Lipinski definition) is 2. The standard InChI is InChI=1S/C21H19FN2O4/c1-14(24-21(26)16-10-11-27-13-16)20(25)23-12-15-2-6-18(7-3-15)28-19-8-4-17(22)5-9-19/h2-11,13-14H,12H2,1H3,(H,23,25)(H,24,26). The van der Waals surface area contributed by atoms with E-state index in [9.17, 15) is 14.0 Å². The first kappa shape index (κ1) is 19.2. The minimum atomic E-state index is -0.691. The molecule has 0 saturated carbocycles. The maximum absolute atomic E-state index is 12.9. The van der Waals surface area contributed by atoms with Crippen LogP contribution in [0.4, 0.5) is 4.39 Å². The van der Waals surface area contributed by atoms with E-state index in [4.69, 9.17) is 9.15 Å². The van der Waals surface area contributed by atoms with E-state index in [0.717, 1.165) is 5.56 Å². The third-order valence-electron chi connectivity index (χ3n) is 3.96. The summed E-state index contributed by atoms with van der Waals surface area (Å²) >= 11 is 0. The number of hydrogen-bond acceptors (Lipinski definition) is 4. The Morgan fingerprint density at radius 1 is 1.04 bits per heavy atom. The van der Waals surface area contributed by atoms with E-state index < -0.39 is 6.04 Å². The molecule has 1 aromatic heterocycles. The number of carbonyl (C=O) groups excluding carboxylic acids is 2. The first-order valence-corrected chi connectivity index (χ1v) is 8.64. The molecule has 0 bridgehead atoms. The molecule has 0 aliphatic heterocycles. The van der Waals surface area contributed by atoms with Crippen LogP contribution in [0.2, 0.25) is 0 Å². The molecule has 1 unspecified atom stereocenters. The lowest BCUT2D eigenvalue weighted by Gasteiger charge is -2.14. The Morgan fingerprint density at radius 3 is 2.29 bits per heavy atom. The van der Waals surface area contributed by atoms with Gasteiger partial charge in [0.25, 0.3) is 5.91 Å². The van der Waals surface area contributed by atoms with E-state index in [1.54, 1.807) is 31.2 Å². The molecule has 3 rings (SSSR count). The van der Waals surface area contributed by atoms with Gasteiger partial charge in [-0.15, -0.1) is 0 Å². The molecule has 0 radical (unpaired) electrons. The Kier molecular flexibility index (Phi) is 6.06. The molecule has 2 N–H and O–H groups in total. The number of rotatable bonds is 7. The van der Waals surface area contributed by atoms with Crippen molar-refractivity contribution < 1.29 is 23.1 Å². The zero-order valence-electron chi connectivity index (χ0n) is 15.1. The fraction of sp³-hybridized carbons (Fsp3) is 0.143. The predicted molar refractivity (Wildman–Crippen MR) is 100 cm³/mol. The largest absolute Gasteiger partial charge is 0.472 e. The predicted octanol–water partition coefficient (Wildman–Crippen LogP) is 3.65. The van der Waals surface area contributed by atoms with Gasteiger partial charge in [0, 0.05) is 6.54 Å². The van der Waals surface area contributed by atoms with Gasteiger partial charge in [-0.25, -0.2) is 4.39 Å². The zero-order chi connectivity index (χ0) is 19.9. The highest BCUT2D eigenvalue weighted by Crippen LogP contribution is 2.21. The first-order chi connectivity index (χ1) is 13.5. The molecule has 28 heavy (non-hydrogen) atoms. The summed E-state index contributed by atoms with van der Waals surface area (Å²) in [5.74, 6) is 0.128. The third kappa shape index (κ3) is 5.20. The molecule has 2 aromatic carbocycles. The summed E-state index contributed by atoms with van der Waals surface area (Å²) in [6.45, 7) is 1.91.